The lowest BCUT2D eigenvalue weighted by atomic mass is 9.89. The van der Waals surface area contributed by atoms with Crippen LogP contribution in [0.4, 0.5) is 4.79 Å². The summed E-state index contributed by atoms with van der Waals surface area (Å²) >= 11 is 0. The molecule has 3 rings (SSSR count). The molecule has 156 valence electrons. The molecule has 0 spiro atoms. The maximum atomic E-state index is 13.4. The third kappa shape index (κ3) is 5.16. The van der Waals surface area contributed by atoms with E-state index >= 15 is 0 Å². The highest BCUT2D eigenvalue weighted by molar-refractivity contribution is 7.85. The number of ether oxygens (including phenoxy) is 1. The first-order valence-corrected chi connectivity index (χ1v) is 11.1. The van der Waals surface area contributed by atoms with Gasteiger partial charge in [0.1, 0.15) is 6.61 Å². The molecule has 3 aromatic carbocycles. The number of benzene rings is 3. The minimum atomic E-state index is -1.33. The Kier molecular flexibility index (Phi) is 7.06. The van der Waals surface area contributed by atoms with Gasteiger partial charge in [-0.2, -0.15) is 0 Å². The predicted molar refractivity (Wildman–Crippen MR) is 121 cm³/mol. The van der Waals surface area contributed by atoms with Crippen LogP contribution in [-0.4, -0.2) is 15.6 Å². The molecule has 4 nitrogen and oxygen atoms in total. The molecule has 1 amide bonds. The van der Waals surface area contributed by atoms with Crippen molar-refractivity contribution in [1.82, 2.24) is 5.32 Å². The van der Waals surface area contributed by atoms with E-state index in [9.17, 15) is 9.00 Å². The summed E-state index contributed by atoms with van der Waals surface area (Å²) in [5.74, 6) is 0. The van der Waals surface area contributed by atoms with E-state index < -0.39 is 27.7 Å². The van der Waals surface area contributed by atoms with Crippen LogP contribution in [0.15, 0.2) is 89.8 Å². The molecule has 0 aliphatic rings. The Balaban J connectivity index is 1.82. The van der Waals surface area contributed by atoms with Gasteiger partial charge in [0.05, 0.1) is 21.6 Å². The van der Waals surface area contributed by atoms with Crippen LogP contribution in [0.3, 0.4) is 0 Å². The number of aryl methyl sites for hydroxylation is 1. The lowest BCUT2D eigenvalue weighted by Gasteiger charge is -2.36. The van der Waals surface area contributed by atoms with Crippen molar-refractivity contribution in [3.05, 3.63) is 102 Å². The van der Waals surface area contributed by atoms with Crippen molar-refractivity contribution in [3.8, 4) is 0 Å². The zero-order valence-electron chi connectivity index (χ0n) is 17.5. The summed E-state index contributed by atoms with van der Waals surface area (Å²) in [4.78, 5) is 13.4. The molecule has 1 N–H and O–H groups in total. The summed E-state index contributed by atoms with van der Waals surface area (Å²) in [5, 5.41) is 2.59. The van der Waals surface area contributed by atoms with Gasteiger partial charge in [-0.25, -0.2) is 4.79 Å². The standard InChI is InChI=1S/C25H27NO3S/c1-19-14-16-23(17-15-19)30(28)20(2)25(3,22-12-8-5-9-13-22)26-24(27)29-18-21-10-6-4-7-11-21/h4-17,20H,18H2,1-3H3,(H,26,27)/t20-,25+,30+/m0/s1. The van der Waals surface area contributed by atoms with E-state index in [2.05, 4.69) is 5.32 Å². The van der Waals surface area contributed by atoms with Crippen LogP contribution in [0.2, 0.25) is 0 Å². The number of hydrogen-bond acceptors (Lipinski definition) is 3. The summed E-state index contributed by atoms with van der Waals surface area (Å²) in [6.07, 6.45) is -0.544. The van der Waals surface area contributed by atoms with Gasteiger partial charge in [0, 0.05) is 4.90 Å². The third-order valence-corrected chi connectivity index (χ3v) is 7.19. The van der Waals surface area contributed by atoms with Crippen molar-refractivity contribution >= 4 is 16.9 Å². The molecular formula is C25H27NO3S. The number of hydrogen-bond donors (Lipinski definition) is 1. The van der Waals surface area contributed by atoms with E-state index in [1.807, 2.05) is 106 Å². The highest BCUT2D eigenvalue weighted by atomic mass is 32.2. The number of carbonyl (C=O) groups excluding carboxylic acids is 1. The Hall–Kier alpha value is -2.92. The fourth-order valence-electron chi connectivity index (χ4n) is 3.25. The van der Waals surface area contributed by atoms with Gasteiger partial charge in [-0.1, -0.05) is 78.4 Å². The fourth-order valence-corrected chi connectivity index (χ4v) is 4.69. The minimum Gasteiger partial charge on any atom is -0.445 e. The first kappa shape index (κ1) is 21.8. The molecule has 0 aliphatic heterocycles. The second-order valence-electron chi connectivity index (χ2n) is 7.51. The van der Waals surface area contributed by atoms with Crippen molar-refractivity contribution in [2.24, 2.45) is 0 Å². The Morgan fingerprint density at radius 1 is 0.967 bits per heavy atom. The molecule has 0 saturated heterocycles. The molecule has 3 atom stereocenters. The molecule has 3 aromatic rings. The number of carbonyl (C=O) groups is 1. The molecule has 0 bridgehead atoms. The summed E-state index contributed by atoms with van der Waals surface area (Å²) in [6.45, 7) is 5.95. The Bertz CT molecular complexity index is 990. The average molecular weight is 422 g/mol. The Morgan fingerprint density at radius 2 is 1.53 bits per heavy atom. The predicted octanol–water partition coefficient (Wildman–Crippen LogP) is 5.33. The van der Waals surface area contributed by atoms with Gasteiger partial charge in [0.15, 0.2) is 0 Å². The first-order chi connectivity index (χ1) is 14.4. The van der Waals surface area contributed by atoms with Crippen LogP contribution in [0, 0.1) is 6.92 Å². The smallest absolute Gasteiger partial charge is 0.408 e. The van der Waals surface area contributed by atoms with Crippen LogP contribution in [-0.2, 0) is 27.7 Å². The van der Waals surface area contributed by atoms with Gasteiger partial charge in [0.25, 0.3) is 0 Å². The topological polar surface area (TPSA) is 55.4 Å². The lowest BCUT2D eigenvalue weighted by Crippen LogP contribution is -2.52. The number of nitrogens with one attached hydrogen (secondary N) is 1. The molecule has 0 aliphatic carbocycles. The van der Waals surface area contributed by atoms with E-state index in [1.54, 1.807) is 0 Å². The highest BCUT2D eigenvalue weighted by Gasteiger charge is 2.39. The molecule has 30 heavy (non-hydrogen) atoms. The maximum absolute atomic E-state index is 13.4. The van der Waals surface area contributed by atoms with Crippen molar-refractivity contribution < 1.29 is 13.7 Å². The molecule has 0 unspecified atom stereocenters. The van der Waals surface area contributed by atoms with Gasteiger partial charge < -0.3 is 10.1 Å². The zero-order valence-corrected chi connectivity index (χ0v) is 18.3. The molecule has 0 heterocycles. The third-order valence-electron chi connectivity index (χ3n) is 5.34. The molecule has 0 saturated carbocycles. The van der Waals surface area contributed by atoms with Crippen molar-refractivity contribution in [3.63, 3.8) is 0 Å². The van der Waals surface area contributed by atoms with E-state index in [-0.39, 0.29) is 6.61 Å². The average Bonchev–Trinajstić information content (AvgIpc) is 2.78. The Labute approximate surface area is 180 Å². The quantitative estimate of drug-likeness (QED) is 0.561. The highest BCUT2D eigenvalue weighted by Crippen LogP contribution is 2.31. The van der Waals surface area contributed by atoms with Crippen LogP contribution in [0.5, 0.6) is 0 Å². The maximum Gasteiger partial charge on any atom is 0.408 e. The van der Waals surface area contributed by atoms with E-state index in [0.717, 1.165) is 21.6 Å². The number of rotatable bonds is 7. The second-order valence-corrected chi connectivity index (χ2v) is 9.28. The van der Waals surface area contributed by atoms with Crippen LogP contribution in [0.25, 0.3) is 0 Å². The normalized spacial score (nSPS) is 14.9. The second kappa shape index (κ2) is 9.72. The van der Waals surface area contributed by atoms with E-state index in [1.165, 1.54) is 0 Å². The summed E-state index contributed by atoms with van der Waals surface area (Å²) in [5.41, 5.74) is 2.00. The zero-order chi connectivity index (χ0) is 21.6. The summed E-state index contributed by atoms with van der Waals surface area (Å²) in [6, 6.07) is 26.8. The molecule has 5 heteroatoms. The molecule has 0 radical (unpaired) electrons. The molecular weight excluding hydrogens is 394 g/mol. The molecule has 0 fully saturated rings. The van der Waals surface area contributed by atoms with Crippen molar-refractivity contribution in [1.29, 1.82) is 0 Å². The lowest BCUT2D eigenvalue weighted by molar-refractivity contribution is 0.127. The van der Waals surface area contributed by atoms with Crippen LogP contribution < -0.4 is 5.32 Å². The van der Waals surface area contributed by atoms with Crippen LogP contribution >= 0.6 is 0 Å². The van der Waals surface area contributed by atoms with Gasteiger partial charge in [0.2, 0.25) is 0 Å². The van der Waals surface area contributed by atoms with Gasteiger partial charge >= 0.3 is 6.09 Å². The monoisotopic (exact) mass is 421 g/mol. The van der Waals surface area contributed by atoms with E-state index in [0.29, 0.717) is 0 Å². The van der Waals surface area contributed by atoms with Gasteiger partial charge in [-0.15, -0.1) is 0 Å². The summed E-state index contributed by atoms with van der Waals surface area (Å²) < 4.78 is 18.8. The fraction of sp³-hybridized carbons (Fsp3) is 0.240. The van der Waals surface area contributed by atoms with E-state index in [4.69, 9.17) is 4.74 Å². The minimum absolute atomic E-state index is 0.174. The first-order valence-electron chi connectivity index (χ1n) is 9.92. The van der Waals surface area contributed by atoms with Crippen molar-refractivity contribution in [2.45, 2.75) is 43.1 Å². The van der Waals surface area contributed by atoms with Crippen molar-refractivity contribution in [2.75, 3.05) is 0 Å². The summed E-state index contributed by atoms with van der Waals surface area (Å²) in [7, 11) is -1.33. The Morgan fingerprint density at radius 3 is 2.13 bits per heavy atom. The molecule has 0 aromatic heterocycles. The SMILES string of the molecule is Cc1ccc([S@](=O)[C@@H](C)[C@@](C)(NC(=O)OCc2ccccc2)c2ccccc2)cc1. The van der Waals surface area contributed by atoms with Gasteiger partial charge in [-0.3, -0.25) is 4.21 Å². The number of amides is 1. The van der Waals surface area contributed by atoms with Crippen LogP contribution in [0.1, 0.15) is 30.5 Å². The van der Waals surface area contributed by atoms with Gasteiger partial charge in [-0.05, 0) is 44.0 Å². The number of alkyl carbamates (subject to hydrolysis) is 1. The largest absolute Gasteiger partial charge is 0.445 e.